The number of hydrogen-bond acceptors (Lipinski definition) is 1. The molecule has 1 heterocycles. The zero-order valence-corrected chi connectivity index (χ0v) is 9.93. The van der Waals surface area contributed by atoms with Gasteiger partial charge in [0.05, 0.1) is 0 Å². The van der Waals surface area contributed by atoms with Gasteiger partial charge >= 0.3 is 6.18 Å². The number of rotatable bonds is 2. The number of aromatic nitrogens is 2. The van der Waals surface area contributed by atoms with Crippen molar-refractivity contribution in [2.75, 3.05) is 0 Å². The zero-order chi connectivity index (χ0) is 12.5. The minimum atomic E-state index is -4.33. The standard InChI is InChI=1S/C12H17F3N2/c1-9-7-11(12(13,14)15)16-17(9)8-10-5-3-2-4-6-10/h7,10H,2-6,8H2,1H3. The molecular weight excluding hydrogens is 229 g/mol. The van der Waals surface area contributed by atoms with E-state index in [1.54, 1.807) is 6.92 Å². The molecule has 1 aromatic heterocycles. The molecule has 0 radical (unpaired) electrons. The van der Waals surface area contributed by atoms with Crippen molar-refractivity contribution >= 4 is 0 Å². The van der Waals surface area contributed by atoms with Gasteiger partial charge in [-0.05, 0) is 31.7 Å². The number of halogens is 3. The lowest BCUT2D eigenvalue weighted by molar-refractivity contribution is -0.141. The van der Waals surface area contributed by atoms with Crippen molar-refractivity contribution in [3.8, 4) is 0 Å². The Balaban J connectivity index is 2.07. The van der Waals surface area contributed by atoms with E-state index in [-0.39, 0.29) is 0 Å². The third kappa shape index (κ3) is 3.01. The Hall–Kier alpha value is -1.00. The molecular formula is C12H17F3N2. The van der Waals surface area contributed by atoms with E-state index < -0.39 is 11.9 Å². The summed E-state index contributed by atoms with van der Waals surface area (Å²) in [7, 11) is 0. The van der Waals surface area contributed by atoms with Gasteiger partial charge in [-0.25, -0.2) is 0 Å². The average Bonchev–Trinajstić information content (AvgIpc) is 2.62. The molecule has 0 aliphatic heterocycles. The molecule has 0 N–H and O–H groups in total. The van der Waals surface area contributed by atoms with Crippen LogP contribution in [0.2, 0.25) is 0 Å². The molecule has 0 amide bonds. The van der Waals surface area contributed by atoms with Crippen LogP contribution in [0.3, 0.4) is 0 Å². The molecule has 0 unspecified atom stereocenters. The van der Waals surface area contributed by atoms with Gasteiger partial charge in [-0.15, -0.1) is 0 Å². The highest BCUT2D eigenvalue weighted by molar-refractivity contribution is 5.11. The summed E-state index contributed by atoms with van der Waals surface area (Å²) in [5.41, 5.74) is -0.172. The summed E-state index contributed by atoms with van der Waals surface area (Å²) in [6.45, 7) is 2.31. The lowest BCUT2D eigenvalue weighted by atomic mass is 9.89. The van der Waals surface area contributed by atoms with E-state index in [2.05, 4.69) is 5.10 Å². The topological polar surface area (TPSA) is 17.8 Å². The van der Waals surface area contributed by atoms with Crippen LogP contribution >= 0.6 is 0 Å². The Morgan fingerprint density at radius 1 is 1.29 bits per heavy atom. The van der Waals surface area contributed by atoms with Gasteiger partial charge in [0.2, 0.25) is 0 Å². The Morgan fingerprint density at radius 3 is 2.47 bits per heavy atom. The first-order valence-electron chi connectivity index (χ1n) is 6.08. The first-order chi connectivity index (χ1) is 7.97. The molecule has 96 valence electrons. The normalized spacial score (nSPS) is 18.6. The maximum absolute atomic E-state index is 12.5. The lowest BCUT2D eigenvalue weighted by Crippen LogP contribution is -2.16. The first-order valence-corrected chi connectivity index (χ1v) is 6.08. The van der Waals surface area contributed by atoms with E-state index in [9.17, 15) is 13.2 Å². The summed E-state index contributed by atoms with van der Waals surface area (Å²) < 4.78 is 39.0. The third-order valence-corrected chi connectivity index (χ3v) is 3.43. The number of hydrogen-bond donors (Lipinski definition) is 0. The zero-order valence-electron chi connectivity index (χ0n) is 9.93. The summed E-state index contributed by atoms with van der Waals surface area (Å²) in [5.74, 6) is 0.489. The quantitative estimate of drug-likeness (QED) is 0.776. The molecule has 0 bridgehead atoms. The molecule has 1 fully saturated rings. The predicted molar refractivity (Wildman–Crippen MR) is 58.5 cm³/mol. The maximum Gasteiger partial charge on any atom is 0.435 e. The van der Waals surface area contributed by atoms with Gasteiger partial charge in [0.15, 0.2) is 5.69 Å². The molecule has 0 spiro atoms. The van der Waals surface area contributed by atoms with Crippen LogP contribution in [0.15, 0.2) is 6.07 Å². The van der Waals surface area contributed by atoms with Crippen molar-refractivity contribution in [3.63, 3.8) is 0 Å². The highest BCUT2D eigenvalue weighted by Gasteiger charge is 2.34. The van der Waals surface area contributed by atoms with Gasteiger partial charge in [-0.1, -0.05) is 19.3 Å². The van der Waals surface area contributed by atoms with Gasteiger partial charge in [0.25, 0.3) is 0 Å². The average molecular weight is 246 g/mol. The van der Waals surface area contributed by atoms with E-state index in [0.29, 0.717) is 18.2 Å². The van der Waals surface area contributed by atoms with Crippen LogP contribution in [0.25, 0.3) is 0 Å². The fourth-order valence-electron chi connectivity index (χ4n) is 2.45. The highest BCUT2D eigenvalue weighted by Crippen LogP contribution is 2.30. The second kappa shape index (κ2) is 4.70. The largest absolute Gasteiger partial charge is 0.435 e. The van der Waals surface area contributed by atoms with Crippen molar-refractivity contribution in [2.24, 2.45) is 5.92 Å². The van der Waals surface area contributed by atoms with Crippen molar-refractivity contribution in [3.05, 3.63) is 17.5 Å². The predicted octanol–water partition coefficient (Wildman–Crippen LogP) is 3.79. The van der Waals surface area contributed by atoms with E-state index >= 15 is 0 Å². The van der Waals surface area contributed by atoms with Gasteiger partial charge < -0.3 is 0 Å². The smallest absolute Gasteiger partial charge is 0.269 e. The van der Waals surface area contributed by atoms with E-state index in [4.69, 9.17) is 0 Å². The lowest BCUT2D eigenvalue weighted by Gasteiger charge is -2.21. The summed E-state index contributed by atoms with van der Waals surface area (Å²) in [6, 6.07) is 1.13. The minimum Gasteiger partial charge on any atom is -0.269 e. The van der Waals surface area contributed by atoms with Crippen LogP contribution in [0, 0.1) is 12.8 Å². The van der Waals surface area contributed by atoms with Crippen molar-refractivity contribution in [1.82, 2.24) is 9.78 Å². The molecule has 17 heavy (non-hydrogen) atoms. The summed E-state index contributed by atoms with van der Waals surface area (Å²) in [6.07, 6.45) is 1.53. The molecule has 1 saturated carbocycles. The molecule has 1 aliphatic carbocycles. The van der Waals surface area contributed by atoms with Crippen LogP contribution in [0.4, 0.5) is 13.2 Å². The monoisotopic (exact) mass is 246 g/mol. The Bertz CT molecular complexity index is 376. The molecule has 1 aromatic rings. The number of nitrogens with zero attached hydrogens (tertiary/aromatic N) is 2. The van der Waals surface area contributed by atoms with Crippen molar-refractivity contribution < 1.29 is 13.2 Å². The van der Waals surface area contributed by atoms with Gasteiger partial charge in [-0.3, -0.25) is 4.68 Å². The Labute approximate surface area is 98.8 Å². The molecule has 1 aliphatic rings. The maximum atomic E-state index is 12.5. The Morgan fingerprint density at radius 2 is 1.94 bits per heavy atom. The molecule has 0 saturated heterocycles. The van der Waals surface area contributed by atoms with Crippen LogP contribution in [-0.2, 0) is 12.7 Å². The SMILES string of the molecule is Cc1cc(C(F)(F)F)nn1CC1CCCCC1. The third-order valence-electron chi connectivity index (χ3n) is 3.43. The fourth-order valence-corrected chi connectivity index (χ4v) is 2.45. The van der Waals surface area contributed by atoms with E-state index in [1.807, 2.05) is 0 Å². The van der Waals surface area contributed by atoms with Crippen LogP contribution < -0.4 is 0 Å². The van der Waals surface area contributed by atoms with Crippen LogP contribution in [0.5, 0.6) is 0 Å². The molecule has 2 rings (SSSR count). The van der Waals surface area contributed by atoms with Gasteiger partial charge in [0.1, 0.15) is 0 Å². The molecule has 0 aromatic carbocycles. The summed E-state index contributed by atoms with van der Waals surface area (Å²) in [4.78, 5) is 0. The van der Waals surface area contributed by atoms with Crippen molar-refractivity contribution in [1.29, 1.82) is 0 Å². The van der Waals surface area contributed by atoms with Crippen molar-refractivity contribution in [2.45, 2.75) is 51.7 Å². The fraction of sp³-hybridized carbons (Fsp3) is 0.750. The molecule has 0 atom stereocenters. The Kier molecular flexibility index (Phi) is 3.45. The first kappa shape index (κ1) is 12.5. The second-order valence-electron chi connectivity index (χ2n) is 4.85. The number of aryl methyl sites for hydroxylation is 1. The summed E-state index contributed by atoms with van der Waals surface area (Å²) >= 11 is 0. The summed E-state index contributed by atoms with van der Waals surface area (Å²) in [5, 5.41) is 3.67. The second-order valence-corrected chi connectivity index (χ2v) is 4.85. The van der Waals surface area contributed by atoms with Crippen LogP contribution in [0.1, 0.15) is 43.5 Å². The van der Waals surface area contributed by atoms with Gasteiger partial charge in [-0.2, -0.15) is 18.3 Å². The molecule has 2 nitrogen and oxygen atoms in total. The molecule has 5 heteroatoms. The van der Waals surface area contributed by atoms with Crippen LogP contribution in [-0.4, -0.2) is 9.78 Å². The highest BCUT2D eigenvalue weighted by atomic mass is 19.4. The van der Waals surface area contributed by atoms with Gasteiger partial charge in [0, 0.05) is 12.2 Å². The van der Waals surface area contributed by atoms with E-state index in [0.717, 1.165) is 18.9 Å². The minimum absolute atomic E-state index is 0.489. The van der Waals surface area contributed by atoms with E-state index in [1.165, 1.54) is 23.9 Å². The number of alkyl halides is 3.